The maximum Gasteiger partial charge on any atom is 0.0727 e. The lowest BCUT2D eigenvalue weighted by Crippen LogP contribution is -2.55. The highest BCUT2D eigenvalue weighted by atomic mass is 32.2. The van der Waals surface area contributed by atoms with E-state index in [-0.39, 0.29) is 0 Å². The van der Waals surface area contributed by atoms with Crippen LogP contribution in [0.15, 0.2) is 29.2 Å². The lowest BCUT2D eigenvalue weighted by Gasteiger charge is -2.48. The molecule has 0 spiro atoms. The van der Waals surface area contributed by atoms with E-state index in [1.54, 1.807) is 11.8 Å². The molecule has 0 aromatic heterocycles. The van der Waals surface area contributed by atoms with Crippen LogP contribution < -0.4 is 0 Å². The van der Waals surface area contributed by atoms with Gasteiger partial charge in [0.25, 0.3) is 0 Å². The number of likely N-dealkylation sites (tertiary alicyclic amines) is 1. The van der Waals surface area contributed by atoms with Crippen LogP contribution in [0.2, 0.25) is 0 Å². The monoisotopic (exact) mass is 335 g/mol. The van der Waals surface area contributed by atoms with Gasteiger partial charge in [-0.25, -0.2) is 0 Å². The molecule has 2 aliphatic heterocycles. The van der Waals surface area contributed by atoms with Crippen molar-refractivity contribution in [2.75, 3.05) is 32.6 Å². The van der Waals surface area contributed by atoms with Crippen LogP contribution in [0.3, 0.4) is 0 Å². The van der Waals surface area contributed by atoms with Crippen LogP contribution in [0.4, 0.5) is 0 Å². The van der Waals surface area contributed by atoms with Gasteiger partial charge in [-0.2, -0.15) is 0 Å². The number of ether oxygens (including phenoxy) is 1. The molecule has 0 aliphatic carbocycles. The van der Waals surface area contributed by atoms with Crippen LogP contribution in [-0.4, -0.2) is 48.2 Å². The van der Waals surface area contributed by atoms with Crippen molar-refractivity contribution in [3.8, 4) is 0 Å². The summed E-state index contributed by atoms with van der Waals surface area (Å²) in [6.07, 6.45) is 5.02. The van der Waals surface area contributed by atoms with Gasteiger partial charge >= 0.3 is 0 Å². The molecule has 2 fully saturated rings. The van der Waals surface area contributed by atoms with E-state index in [0.29, 0.717) is 11.8 Å². The number of piperidine rings is 1. The van der Waals surface area contributed by atoms with E-state index < -0.39 is 5.60 Å². The first-order valence-electron chi connectivity index (χ1n) is 8.77. The Bertz CT molecular complexity index is 501. The molecule has 0 amide bonds. The first kappa shape index (κ1) is 17.3. The Morgan fingerprint density at radius 1 is 1.26 bits per heavy atom. The van der Waals surface area contributed by atoms with Crippen molar-refractivity contribution in [1.82, 2.24) is 4.90 Å². The van der Waals surface area contributed by atoms with Gasteiger partial charge in [-0.1, -0.05) is 19.1 Å². The molecule has 3 nitrogen and oxygen atoms in total. The van der Waals surface area contributed by atoms with Gasteiger partial charge < -0.3 is 9.84 Å². The molecule has 1 N–H and O–H groups in total. The van der Waals surface area contributed by atoms with Crippen LogP contribution in [0.5, 0.6) is 0 Å². The van der Waals surface area contributed by atoms with Crippen LogP contribution in [-0.2, 0) is 11.3 Å². The van der Waals surface area contributed by atoms with Gasteiger partial charge in [0.15, 0.2) is 0 Å². The highest BCUT2D eigenvalue weighted by molar-refractivity contribution is 7.98. The van der Waals surface area contributed by atoms with E-state index >= 15 is 0 Å². The molecule has 2 heterocycles. The Morgan fingerprint density at radius 3 is 2.57 bits per heavy atom. The molecular formula is C19H29NO2S. The first-order valence-corrected chi connectivity index (χ1v) is 9.99. The van der Waals surface area contributed by atoms with Gasteiger partial charge in [-0.05, 0) is 55.1 Å². The fourth-order valence-electron chi connectivity index (χ4n) is 4.16. The van der Waals surface area contributed by atoms with Gasteiger partial charge in [0.1, 0.15) is 0 Å². The van der Waals surface area contributed by atoms with Crippen LogP contribution in [0.25, 0.3) is 0 Å². The molecule has 3 rings (SSSR count). The molecular weight excluding hydrogens is 306 g/mol. The van der Waals surface area contributed by atoms with Crippen molar-refractivity contribution >= 4 is 11.8 Å². The quantitative estimate of drug-likeness (QED) is 0.855. The minimum absolute atomic E-state index is 0.324. The van der Waals surface area contributed by atoms with Crippen molar-refractivity contribution in [2.45, 2.75) is 43.2 Å². The Kier molecular flexibility index (Phi) is 5.68. The van der Waals surface area contributed by atoms with Crippen LogP contribution >= 0.6 is 11.8 Å². The van der Waals surface area contributed by atoms with Crippen molar-refractivity contribution in [2.24, 2.45) is 11.8 Å². The number of aliphatic hydroxyl groups is 1. The minimum Gasteiger partial charge on any atom is -0.389 e. The molecule has 4 heteroatoms. The zero-order chi connectivity index (χ0) is 16.3. The maximum atomic E-state index is 11.2. The van der Waals surface area contributed by atoms with E-state index in [1.807, 2.05) is 0 Å². The smallest absolute Gasteiger partial charge is 0.0727 e. The molecule has 23 heavy (non-hydrogen) atoms. The van der Waals surface area contributed by atoms with E-state index in [0.717, 1.165) is 52.1 Å². The van der Waals surface area contributed by atoms with Gasteiger partial charge in [0.2, 0.25) is 0 Å². The topological polar surface area (TPSA) is 32.7 Å². The average molecular weight is 336 g/mol. The fourth-order valence-corrected chi connectivity index (χ4v) is 4.57. The predicted octanol–water partition coefficient (Wildman–Crippen LogP) is 3.41. The SMILES string of the molecule is CSc1ccc(CN2CCC(O)(C3CCOCC3)C(C)C2)cc1. The second-order valence-corrected chi connectivity index (χ2v) is 7.99. The molecule has 2 saturated heterocycles. The lowest BCUT2D eigenvalue weighted by atomic mass is 9.70. The fraction of sp³-hybridized carbons (Fsp3) is 0.684. The van der Waals surface area contributed by atoms with Crippen molar-refractivity contribution in [3.05, 3.63) is 29.8 Å². The van der Waals surface area contributed by atoms with Crippen molar-refractivity contribution in [1.29, 1.82) is 0 Å². The molecule has 0 saturated carbocycles. The summed E-state index contributed by atoms with van der Waals surface area (Å²) >= 11 is 1.78. The Balaban J connectivity index is 1.58. The standard InChI is InChI=1S/C19H29NO2S/c1-15-13-20(14-16-3-5-18(23-2)6-4-16)10-9-19(15,21)17-7-11-22-12-8-17/h3-6,15,17,21H,7-14H2,1-2H3. The Morgan fingerprint density at radius 2 is 1.96 bits per heavy atom. The van der Waals surface area contributed by atoms with Crippen LogP contribution in [0.1, 0.15) is 31.7 Å². The molecule has 2 unspecified atom stereocenters. The summed E-state index contributed by atoms with van der Waals surface area (Å²) in [4.78, 5) is 3.81. The number of thioether (sulfide) groups is 1. The number of hydrogen-bond donors (Lipinski definition) is 1. The summed E-state index contributed by atoms with van der Waals surface area (Å²) in [6.45, 7) is 6.80. The largest absolute Gasteiger partial charge is 0.389 e. The lowest BCUT2D eigenvalue weighted by molar-refractivity contribution is -0.131. The zero-order valence-corrected chi connectivity index (χ0v) is 15.1. The number of nitrogens with zero attached hydrogens (tertiary/aromatic N) is 1. The third kappa shape index (κ3) is 3.93. The Hall–Kier alpha value is -0.550. The van der Waals surface area contributed by atoms with Crippen molar-refractivity contribution in [3.63, 3.8) is 0 Å². The Labute approximate surface area is 144 Å². The highest BCUT2D eigenvalue weighted by Gasteiger charge is 2.45. The van der Waals surface area contributed by atoms with Gasteiger partial charge in [-0.15, -0.1) is 11.8 Å². The second-order valence-electron chi connectivity index (χ2n) is 7.11. The molecule has 2 aliphatic rings. The summed E-state index contributed by atoms with van der Waals surface area (Å²) in [5.41, 5.74) is 0.870. The summed E-state index contributed by atoms with van der Waals surface area (Å²) in [6, 6.07) is 8.86. The molecule has 0 radical (unpaired) electrons. The van der Waals surface area contributed by atoms with Gasteiger partial charge in [0.05, 0.1) is 5.60 Å². The molecule has 0 bridgehead atoms. The van der Waals surface area contributed by atoms with E-state index in [2.05, 4.69) is 42.3 Å². The first-order chi connectivity index (χ1) is 11.1. The summed E-state index contributed by atoms with van der Waals surface area (Å²) < 4.78 is 5.47. The molecule has 1 aromatic carbocycles. The van der Waals surface area contributed by atoms with Crippen molar-refractivity contribution < 1.29 is 9.84 Å². The zero-order valence-electron chi connectivity index (χ0n) is 14.3. The minimum atomic E-state index is -0.497. The summed E-state index contributed by atoms with van der Waals surface area (Å²) in [5, 5.41) is 11.2. The maximum absolute atomic E-state index is 11.2. The highest BCUT2D eigenvalue weighted by Crippen LogP contribution is 2.39. The summed E-state index contributed by atoms with van der Waals surface area (Å²) in [7, 11) is 0. The van der Waals surface area contributed by atoms with E-state index in [4.69, 9.17) is 4.74 Å². The number of benzene rings is 1. The second kappa shape index (κ2) is 7.56. The molecule has 1 aromatic rings. The number of rotatable bonds is 4. The number of hydrogen-bond acceptors (Lipinski definition) is 4. The molecule has 2 atom stereocenters. The summed E-state index contributed by atoms with van der Waals surface area (Å²) in [5.74, 6) is 0.735. The van der Waals surface area contributed by atoms with E-state index in [1.165, 1.54) is 10.5 Å². The van der Waals surface area contributed by atoms with Gasteiger partial charge in [0, 0.05) is 37.7 Å². The third-order valence-corrected chi connectivity index (χ3v) is 6.45. The van der Waals surface area contributed by atoms with Gasteiger partial charge in [-0.3, -0.25) is 4.90 Å². The average Bonchev–Trinajstić information content (AvgIpc) is 2.60. The normalized spacial score (nSPS) is 30.5. The van der Waals surface area contributed by atoms with Crippen LogP contribution in [0, 0.1) is 11.8 Å². The predicted molar refractivity (Wildman–Crippen MR) is 95.8 cm³/mol. The molecule has 128 valence electrons. The third-order valence-electron chi connectivity index (χ3n) is 5.71. The van der Waals surface area contributed by atoms with E-state index in [9.17, 15) is 5.11 Å².